The third-order valence-corrected chi connectivity index (χ3v) is 6.06. The van der Waals surface area contributed by atoms with Crippen LogP contribution in [0.2, 0.25) is 0 Å². The van der Waals surface area contributed by atoms with Crippen LogP contribution in [0.4, 0.5) is 0 Å². The fraction of sp³-hybridized carbons (Fsp3) is 0.789. The molecule has 0 N–H and O–H groups in total. The molecule has 0 radical (unpaired) electrons. The number of hydrogen-bond acceptors (Lipinski definition) is 4. The van der Waals surface area contributed by atoms with Crippen LogP contribution in [0.15, 0.2) is 16.5 Å². The van der Waals surface area contributed by atoms with Gasteiger partial charge in [-0.1, -0.05) is 6.92 Å². The SMILES string of the molecule is CCc1ccc(CN2CC[C@H]3[C@H]2CCN3CC2CCOCC2)o1. The van der Waals surface area contributed by atoms with Gasteiger partial charge in [0.1, 0.15) is 11.5 Å². The second-order valence-electron chi connectivity index (χ2n) is 7.45. The van der Waals surface area contributed by atoms with E-state index in [4.69, 9.17) is 9.15 Å². The zero-order chi connectivity index (χ0) is 15.6. The fourth-order valence-electron chi connectivity index (χ4n) is 4.75. The van der Waals surface area contributed by atoms with E-state index in [9.17, 15) is 0 Å². The average Bonchev–Trinajstić information content (AvgIpc) is 3.28. The molecule has 1 aromatic rings. The van der Waals surface area contributed by atoms with Crippen LogP contribution < -0.4 is 0 Å². The Labute approximate surface area is 139 Å². The molecule has 3 fully saturated rings. The Morgan fingerprint density at radius 2 is 1.65 bits per heavy atom. The van der Waals surface area contributed by atoms with E-state index in [2.05, 4.69) is 28.9 Å². The third kappa shape index (κ3) is 3.35. The van der Waals surface area contributed by atoms with Gasteiger partial charge in [-0.3, -0.25) is 9.80 Å². The number of aryl methyl sites for hydroxylation is 1. The normalized spacial score (nSPS) is 30.1. The molecule has 3 aliphatic heterocycles. The van der Waals surface area contributed by atoms with Crippen molar-refractivity contribution in [3.63, 3.8) is 0 Å². The average molecular weight is 318 g/mol. The molecule has 0 bridgehead atoms. The van der Waals surface area contributed by atoms with E-state index in [-0.39, 0.29) is 0 Å². The predicted octanol–water partition coefficient (Wildman–Crippen LogP) is 2.92. The number of furan rings is 1. The summed E-state index contributed by atoms with van der Waals surface area (Å²) in [4.78, 5) is 5.44. The Morgan fingerprint density at radius 3 is 2.39 bits per heavy atom. The summed E-state index contributed by atoms with van der Waals surface area (Å²) in [6, 6.07) is 5.82. The van der Waals surface area contributed by atoms with Crippen LogP contribution in [0.25, 0.3) is 0 Å². The van der Waals surface area contributed by atoms with Crippen molar-refractivity contribution in [2.45, 2.75) is 57.7 Å². The molecule has 0 aliphatic carbocycles. The van der Waals surface area contributed by atoms with Crippen LogP contribution in [0.3, 0.4) is 0 Å². The molecular formula is C19H30N2O2. The van der Waals surface area contributed by atoms with Gasteiger partial charge in [-0.2, -0.15) is 0 Å². The zero-order valence-electron chi connectivity index (χ0n) is 14.4. The summed E-state index contributed by atoms with van der Waals surface area (Å²) in [7, 11) is 0. The number of rotatable bonds is 5. The van der Waals surface area contributed by atoms with Crippen LogP contribution in [-0.4, -0.2) is 54.7 Å². The van der Waals surface area contributed by atoms with Gasteiger partial charge in [-0.25, -0.2) is 0 Å². The topological polar surface area (TPSA) is 28.9 Å². The van der Waals surface area contributed by atoms with Gasteiger partial charge in [0.2, 0.25) is 0 Å². The van der Waals surface area contributed by atoms with Gasteiger partial charge in [0.25, 0.3) is 0 Å². The minimum atomic E-state index is 0.741. The summed E-state index contributed by atoms with van der Waals surface area (Å²) < 4.78 is 11.4. The highest BCUT2D eigenvalue weighted by Gasteiger charge is 2.42. The Bertz CT molecular complexity index is 509. The molecule has 3 aliphatic rings. The molecule has 0 spiro atoms. The van der Waals surface area contributed by atoms with Crippen LogP contribution in [0.1, 0.15) is 44.1 Å². The molecule has 0 unspecified atom stereocenters. The lowest BCUT2D eigenvalue weighted by Crippen LogP contribution is -2.39. The molecule has 128 valence electrons. The third-order valence-electron chi connectivity index (χ3n) is 6.06. The van der Waals surface area contributed by atoms with Crippen molar-refractivity contribution in [3.05, 3.63) is 23.7 Å². The second-order valence-corrected chi connectivity index (χ2v) is 7.45. The zero-order valence-corrected chi connectivity index (χ0v) is 14.4. The van der Waals surface area contributed by atoms with E-state index in [0.29, 0.717) is 0 Å². The fourth-order valence-corrected chi connectivity index (χ4v) is 4.75. The molecular weight excluding hydrogens is 288 g/mol. The van der Waals surface area contributed by atoms with Crippen molar-refractivity contribution in [1.82, 2.24) is 9.80 Å². The largest absolute Gasteiger partial charge is 0.465 e. The summed E-state index contributed by atoms with van der Waals surface area (Å²) in [5, 5.41) is 0. The number of likely N-dealkylation sites (tertiary alicyclic amines) is 2. The van der Waals surface area contributed by atoms with Crippen LogP contribution in [0, 0.1) is 5.92 Å². The number of fused-ring (bicyclic) bond motifs is 1. The monoisotopic (exact) mass is 318 g/mol. The highest BCUT2D eigenvalue weighted by atomic mass is 16.5. The number of nitrogens with zero attached hydrogens (tertiary/aromatic N) is 2. The van der Waals surface area contributed by atoms with Gasteiger partial charge < -0.3 is 9.15 Å². The van der Waals surface area contributed by atoms with Crippen LogP contribution in [0.5, 0.6) is 0 Å². The molecule has 2 atom stereocenters. The Hall–Kier alpha value is -0.840. The van der Waals surface area contributed by atoms with Crippen molar-refractivity contribution in [1.29, 1.82) is 0 Å². The number of hydrogen-bond donors (Lipinski definition) is 0. The molecule has 4 heterocycles. The summed E-state index contributed by atoms with van der Waals surface area (Å²) in [5.41, 5.74) is 0. The Morgan fingerprint density at radius 1 is 0.957 bits per heavy atom. The molecule has 4 heteroatoms. The van der Waals surface area contributed by atoms with Gasteiger partial charge >= 0.3 is 0 Å². The molecule has 4 rings (SSSR count). The van der Waals surface area contributed by atoms with Crippen molar-refractivity contribution in [3.8, 4) is 0 Å². The molecule has 1 aromatic heterocycles. The summed E-state index contributed by atoms with van der Waals surface area (Å²) in [6.45, 7) is 8.88. The van der Waals surface area contributed by atoms with Gasteiger partial charge in [0, 0.05) is 51.4 Å². The smallest absolute Gasteiger partial charge is 0.118 e. The Balaban J connectivity index is 1.33. The lowest BCUT2D eigenvalue weighted by atomic mass is 9.99. The summed E-state index contributed by atoms with van der Waals surface area (Å²) in [5.74, 6) is 3.11. The van der Waals surface area contributed by atoms with Crippen molar-refractivity contribution < 1.29 is 9.15 Å². The minimum absolute atomic E-state index is 0.741. The van der Waals surface area contributed by atoms with E-state index in [1.807, 2.05) is 0 Å². The van der Waals surface area contributed by atoms with Crippen LogP contribution in [-0.2, 0) is 17.7 Å². The maximum Gasteiger partial charge on any atom is 0.118 e. The number of ether oxygens (including phenoxy) is 1. The molecule has 0 amide bonds. The summed E-state index contributed by atoms with van der Waals surface area (Å²) in [6.07, 6.45) is 6.16. The predicted molar refractivity (Wildman–Crippen MR) is 90.4 cm³/mol. The Kier molecular flexibility index (Phi) is 4.74. The molecule has 0 aromatic carbocycles. The van der Waals surface area contributed by atoms with Crippen molar-refractivity contribution in [2.75, 3.05) is 32.8 Å². The van der Waals surface area contributed by atoms with Crippen molar-refractivity contribution in [2.24, 2.45) is 5.92 Å². The standard InChI is InChI=1S/C19H30N2O2/c1-2-16-3-4-17(23-16)14-21-10-6-18-19(21)5-9-20(18)13-15-7-11-22-12-8-15/h3-4,15,18-19H,2,5-14H2,1H3/t18-,19+/m0/s1. The maximum absolute atomic E-state index is 5.92. The lowest BCUT2D eigenvalue weighted by molar-refractivity contribution is 0.0503. The first-order valence-corrected chi connectivity index (χ1v) is 9.47. The van der Waals surface area contributed by atoms with Gasteiger partial charge in [-0.15, -0.1) is 0 Å². The van der Waals surface area contributed by atoms with Gasteiger partial charge in [0.15, 0.2) is 0 Å². The molecule has 3 saturated heterocycles. The molecule has 4 nitrogen and oxygen atoms in total. The first kappa shape index (κ1) is 15.7. The van der Waals surface area contributed by atoms with Crippen LogP contribution >= 0.6 is 0 Å². The second kappa shape index (κ2) is 6.96. The first-order valence-electron chi connectivity index (χ1n) is 9.47. The van der Waals surface area contributed by atoms with E-state index >= 15 is 0 Å². The molecule has 0 saturated carbocycles. The highest BCUT2D eigenvalue weighted by Crippen LogP contribution is 2.34. The van der Waals surface area contributed by atoms with E-state index < -0.39 is 0 Å². The van der Waals surface area contributed by atoms with E-state index in [1.54, 1.807) is 0 Å². The first-order chi connectivity index (χ1) is 11.3. The minimum Gasteiger partial charge on any atom is -0.465 e. The van der Waals surface area contributed by atoms with Crippen molar-refractivity contribution >= 4 is 0 Å². The maximum atomic E-state index is 5.92. The highest BCUT2D eigenvalue weighted by molar-refractivity contribution is 5.09. The quantitative estimate of drug-likeness (QED) is 0.835. The molecule has 23 heavy (non-hydrogen) atoms. The summed E-state index contributed by atoms with van der Waals surface area (Å²) >= 11 is 0. The van der Waals surface area contributed by atoms with Gasteiger partial charge in [0.05, 0.1) is 6.54 Å². The van der Waals surface area contributed by atoms with E-state index in [0.717, 1.165) is 55.7 Å². The lowest BCUT2D eigenvalue weighted by Gasteiger charge is -2.30. The van der Waals surface area contributed by atoms with Gasteiger partial charge in [-0.05, 0) is 43.7 Å². The van der Waals surface area contributed by atoms with E-state index in [1.165, 1.54) is 45.3 Å².